The van der Waals surface area contributed by atoms with Gasteiger partial charge in [-0.3, -0.25) is 4.79 Å². The van der Waals surface area contributed by atoms with E-state index >= 15 is 0 Å². The number of carbonyl (C=O) groups excluding carboxylic acids is 1. The number of hydrogen-bond acceptors (Lipinski definition) is 2. The van der Waals surface area contributed by atoms with Gasteiger partial charge in [0.25, 0.3) is 0 Å². The number of carbonyl (C=O) groups is 1. The predicted molar refractivity (Wildman–Crippen MR) is 43.4 cm³/mol. The molecular formula is C9H16O2. The molecule has 0 aromatic heterocycles. The minimum Gasteiger partial charge on any atom is -0.378 e. The number of hydrogen-bond donors (Lipinski definition) is 0. The highest BCUT2D eigenvalue weighted by molar-refractivity contribution is 5.81. The van der Waals surface area contributed by atoms with Crippen molar-refractivity contribution >= 4 is 5.78 Å². The van der Waals surface area contributed by atoms with Gasteiger partial charge in [-0.05, 0) is 19.8 Å². The SMILES string of the molecule is CCCC(=O)C1COC(C)C1. The Kier molecular flexibility index (Phi) is 3.06. The molecule has 2 nitrogen and oxygen atoms in total. The molecule has 1 saturated heterocycles. The van der Waals surface area contributed by atoms with Crippen molar-refractivity contribution in [3.8, 4) is 0 Å². The van der Waals surface area contributed by atoms with Crippen molar-refractivity contribution in [3.05, 3.63) is 0 Å². The van der Waals surface area contributed by atoms with Crippen LogP contribution in [0.2, 0.25) is 0 Å². The zero-order valence-corrected chi connectivity index (χ0v) is 7.30. The molecule has 1 rings (SSSR count). The van der Waals surface area contributed by atoms with Crippen LogP contribution in [0.5, 0.6) is 0 Å². The highest BCUT2D eigenvalue weighted by Crippen LogP contribution is 2.21. The summed E-state index contributed by atoms with van der Waals surface area (Å²) in [6, 6.07) is 0. The molecule has 1 aliphatic heterocycles. The number of Topliss-reactive ketones (excluding diaryl/α,β-unsaturated/α-hetero) is 1. The zero-order valence-electron chi connectivity index (χ0n) is 7.30. The Morgan fingerprint density at radius 3 is 2.82 bits per heavy atom. The molecule has 0 bridgehead atoms. The van der Waals surface area contributed by atoms with Crippen molar-refractivity contribution in [2.24, 2.45) is 5.92 Å². The topological polar surface area (TPSA) is 26.3 Å². The Balaban J connectivity index is 2.31. The summed E-state index contributed by atoms with van der Waals surface area (Å²) < 4.78 is 5.31. The maximum absolute atomic E-state index is 11.3. The maximum atomic E-state index is 11.3. The monoisotopic (exact) mass is 156 g/mol. The Bertz CT molecular complexity index is 142. The smallest absolute Gasteiger partial charge is 0.138 e. The average Bonchev–Trinajstić information content (AvgIpc) is 2.36. The second kappa shape index (κ2) is 3.86. The lowest BCUT2D eigenvalue weighted by Gasteiger charge is -2.03. The van der Waals surface area contributed by atoms with E-state index in [9.17, 15) is 4.79 Å². The molecule has 0 spiro atoms. The lowest BCUT2D eigenvalue weighted by atomic mass is 9.98. The highest BCUT2D eigenvalue weighted by atomic mass is 16.5. The molecule has 0 N–H and O–H groups in total. The Morgan fingerprint density at radius 1 is 1.64 bits per heavy atom. The molecule has 0 radical (unpaired) electrons. The van der Waals surface area contributed by atoms with E-state index in [1.54, 1.807) is 0 Å². The molecular weight excluding hydrogens is 140 g/mol. The maximum Gasteiger partial charge on any atom is 0.138 e. The molecule has 1 aliphatic rings. The van der Waals surface area contributed by atoms with Crippen LogP contribution in [-0.4, -0.2) is 18.5 Å². The Morgan fingerprint density at radius 2 is 2.36 bits per heavy atom. The molecule has 1 heterocycles. The summed E-state index contributed by atoms with van der Waals surface area (Å²) in [4.78, 5) is 11.3. The molecule has 2 heteroatoms. The third-order valence-corrected chi connectivity index (χ3v) is 2.15. The van der Waals surface area contributed by atoms with Crippen LogP contribution in [-0.2, 0) is 9.53 Å². The van der Waals surface area contributed by atoms with Crippen molar-refractivity contribution in [1.29, 1.82) is 0 Å². The summed E-state index contributed by atoms with van der Waals surface area (Å²) in [6.45, 7) is 4.72. The molecule has 0 aromatic rings. The summed E-state index contributed by atoms with van der Waals surface area (Å²) in [7, 11) is 0. The first-order valence-corrected chi connectivity index (χ1v) is 4.38. The van der Waals surface area contributed by atoms with Crippen molar-refractivity contribution in [2.75, 3.05) is 6.61 Å². The normalized spacial score (nSPS) is 30.7. The van der Waals surface area contributed by atoms with Crippen LogP contribution in [0.1, 0.15) is 33.1 Å². The van der Waals surface area contributed by atoms with E-state index < -0.39 is 0 Å². The Labute approximate surface area is 67.9 Å². The van der Waals surface area contributed by atoms with Gasteiger partial charge in [-0.25, -0.2) is 0 Å². The Hall–Kier alpha value is -0.370. The standard InChI is InChI=1S/C9H16O2/c1-3-4-9(10)8-5-7(2)11-6-8/h7-8H,3-6H2,1-2H3. The van der Waals surface area contributed by atoms with Crippen LogP contribution in [0.3, 0.4) is 0 Å². The lowest BCUT2D eigenvalue weighted by Crippen LogP contribution is -2.13. The van der Waals surface area contributed by atoms with Crippen molar-refractivity contribution < 1.29 is 9.53 Å². The van der Waals surface area contributed by atoms with E-state index in [0.29, 0.717) is 18.5 Å². The fourth-order valence-corrected chi connectivity index (χ4v) is 1.49. The molecule has 1 fully saturated rings. The number of ketones is 1. The van der Waals surface area contributed by atoms with Gasteiger partial charge in [0.1, 0.15) is 5.78 Å². The van der Waals surface area contributed by atoms with Crippen LogP contribution < -0.4 is 0 Å². The van der Waals surface area contributed by atoms with E-state index in [1.807, 2.05) is 13.8 Å². The molecule has 0 aromatic carbocycles. The molecule has 0 saturated carbocycles. The van der Waals surface area contributed by atoms with Crippen LogP contribution >= 0.6 is 0 Å². The molecule has 11 heavy (non-hydrogen) atoms. The van der Waals surface area contributed by atoms with Gasteiger partial charge in [-0.15, -0.1) is 0 Å². The lowest BCUT2D eigenvalue weighted by molar-refractivity contribution is -0.122. The number of ether oxygens (including phenoxy) is 1. The largest absolute Gasteiger partial charge is 0.378 e. The van der Waals surface area contributed by atoms with Gasteiger partial charge >= 0.3 is 0 Å². The fraction of sp³-hybridized carbons (Fsp3) is 0.889. The molecule has 64 valence electrons. The zero-order chi connectivity index (χ0) is 8.27. The van der Waals surface area contributed by atoms with E-state index in [0.717, 1.165) is 19.3 Å². The van der Waals surface area contributed by atoms with Crippen LogP contribution in [0, 0.1) is 5.92 Å². The minimum atomic E-state index is 0.199. The molecule has 0 amide bonds. The van der Waals surface area contributed by atoms with Crippen LogP contribution in [0.25, 0.3) is 0 Å². The summed E-state index contributed by atoms with van der Waals surface area (Å²) >= 11 is 0. The van der Waals surface area contributed by atoms with Gasteiger partial charge in [0, 0.05) is 12.3 Å². The molecule has 0 aliphatic carbocycles. The van der Waals surface area contributed by atoms with Crippen LogP contribution in [0.4, 0.5) is 0 Å². The van der Waals surface area contributed by atoms with Crippen molar-refractivity contribution in [1.82, 2.24) is 0 Å². The highest BCUT2D eigenvalue weighted by Gasteiger charge is 2.26. The summed E-state index contributed by atoms with van der Waals surface area (Å²) in [5, 5.41) is 0. The minimum absolute atomic E-state index is 0.199. The average molecular weight is 156 g/mol. The van der Waals surface area contributed by atoms with E-state index in [-0.39, 0.29) is 5.92 Å². The summed E-state index contributed by atoms with van der Waals surface area (Å²) in [5.41, 5.74) is 0. The van der Waals surface area contributed by atoms with Crippen LogP contribution in [0.15, 0.2) is 0 Å². The van der Waals surface area contributed by atoms with Gasteiger partial charge in [0.05, 0.1) is 12.7 Å². The van der Waals surface area contributed by atoms with E-state index in [4.69, 9.17) is 4.74 Å². The second-order valence-electron chi connectivity index (χ2n) is 3.29. The van der Waals surface area contributed by atoms with Gasteiger partial charge in [0.2, 0.25) is 0 Å². The molecule has 2 atom stereocenters. The predicted octanol–water partition coefficient (Wildman–Crippen LogP) is 1.78. The first kappa shape index (κ1) is 8.72. The van der Waals surface area contributed by atoms with Gasteiger partial charge in [-0.2, -0.15) is 0 Å². The molecule has 2 unspecified atom stereocenters. The van der Waals surface area contributed by atoms with Gasteiger partial charge < -0.3 is 4.74 Å². The third kappa shape index (κ3) is 2.29. The van der Waals surface area contributed by atoms with E-state index in [2.05, 4.69) is 0 Å². The first-order chi connectivity index (χ1) is 5.24. The third-order valence-electron chi connectivity index (χ3n) is 2.15. The fourth-order valence-electron chi connectivity index (χ4n) is 1.49. The van der Waals surface area contributed by atoms with E-state index in [1.165, 1.54) is 0 Å². The van der Waals surface area contributed by atoms with Crippen molar-refractivity contribution in [3.63, 3.8) is 0 Å². The quantitative estimate of drug-likeness (QED) is 0.622. The summed E-state index contributed by atoms with van der Waals surface area (Å²) in [6.07, 6.45) is 2.91. The first-order valence-electron chi connectivity index (χ1n) is 4.38. The van der Waals surface area contributed by atoms with Gasteiger partial charge in [0.15, 0.2) is 0 Å². The van der Waals surface area contributed by atoms with Crippen molar-refractivity contribution in [2.45, 2.75) is 39.2 Å². The van der Waals surface area contributed by atoms with Gasteiger partial charge in [-0.1, -0.05) is 6.92 Å². The second-order valence-corrected chi connectivity index (χ2v) is 3.29. The summed E-state index contributed by atoms with van der Waals surface area (Å²) in [5.74, 6) is 0.585. The number of rotatable bonds is 3.